The van der Waals surface area contributed by atoms with Crippen LogP contribution in [-0.4, -0.2) is 23.6 Å². The number of hydrogen-bond acceptors (Lipinski definition) is 3. The van der Waals surface area contributed by atoms with E-state index in [-0.39, 0.29) is 11.5 Å². The first kappa shape index (κ1) is 20.0. The van der Waals surface area contributed by atoms with Gasteiger partial charge in [-0.25, -0.2) is 4.79 Å². The summed E-state index contributed by atoms with van der Waals surface area (Å²) in [5.74, 6) is -0.782. The molecule has 1 amide bonds. The van der Waals surface area contributed by atoms with Gasteiger partial charge in [0.2, 0.25) is 0 Å². The molecule has 0 aliphatic heterocycles. The zero-order valence-corrected chi connectivity index (χ0v) is 16.2. The monoisotopic (exact) mass is 419 g/mol. The van der Waals surface area contributed by atoms with Crippen LogP contribution in [-0.2, 0) is 0 Å². The Bertz CT molecular complexity index is 759. The van der Waals surface area contributed by atoms with Gasteiger partial charge in [-0.15, -0.1) is 0 Å². The lowest BCUT2D eigenvalue weighted by molar-refractivity contribution is 0.0696. The number of halogens is 1. The van der Waals surface area contributed by atoms with Crippen molar-refractivity contribution in [1.29, 1.82) is 0 Å². The Hall–Kier alpha value is -2.34. The van der Waals surface area contributed by atoms with Gasteiger partial charge in [0, 0.05) is 10.2 Å². The van der Waals surface area contributed by atoms with Gasteiger partial charge in [0.1, 0.15) is 5.75 Å². The number of carbonyl (C=O) groups is 2. The minimum Gasteiger partial charge on any atom is -0.493 e. The molecule has 0 radical (unpaired) electrons. The molecule has 138 valence electrons. The topological polar surface area (TPSA) is 75.6 Å². The van der Waals surface area contributed by atoms with Crippen molar-refractivity contribution in [2.24, 2.45) is 0 Å². The van der Waals surface area contributed by atoms with Crippen molar-refractivity contribution in [3.05, 3.63) is 58.1 Å². The van der Waals surface area contributed by atoms with E-state index in [0.29, 0.717) is 23.6 Å². The highest BCUT2D eigenvalue weighted by molar-refractivity contribution is 9.10. The van der Waals surface area contributed by atoms with Crippen LogP contribution in [0.5, 0.6) is 5.75 Å². The molecule has 5 nitrogen and oxygen atoms in total. The Morgan fingerprint density at radius 1 is 1.08 bits per heavy atom. The normalized spacial score (nSPS) is 10.4. The Morgan fingerprint density at radius 3 is 2.46 bits per heavy atom. The minimum absolute atomic E-state index is 0.168. The van der Waals surface area contributed by atoms with E-state index in [1.165, 1.54) is 18.6 Å². The molecule has 0 unspecified atom stereocenters. The first-order valence-corrected chi connectivity index (χ1v) is 9.37. The van der Waals surface area contributed by atoms with E-state index in [1.807, 2.05) is 6.07 Å². The molecule has 6 heteroatoms. The van der Waals surface area contributed by atoms with E-state index in [9.17, 15) is 9.59 Å². The second-order valence-electron chi connectivity index (χ2n) is 5.89. The SMILES string of the molecule is CCCCCCOc1ccc(Br)cc1C(=O)Nc1ccc(C(=O)O)cc1. The number of unbranched alkanes of at least 4 members (excludes halogenated alkanes) is 3. The largest absolute Gasteiger partial charge is 0.493 e. The summed E-state index contributed by atoms with van der Waals surface area (Å²) in [6, 6.07) is 11.3. The number of benzene rings is 2. The predicted molar refractivity (Wildman–Crippen MR) is 105 cm³/mol. The number of ether oxygens (including phenoxy) is 1. The van der Waals surface area contributed by atoms with E-state index >= 15 is 0 Å². The summed E-state index contributed by atoms with van der Waals surface area (Å²) < 4.78 is 6.57. The third kappa shape index (κ3) is 5.88. The van der Waals surface area contributed by atoms with Crippen LogP contribution in [0.15, 0.2) is 46.9 Å². The van der Waals surface area contributed by atoms with Gasteiger partial charge in [-0.1, -0.05) is 42.1 Å². The van der Waals surface area contributed by atoms with Crippen molar-refractivity contribution in [3.8, 4) is 5.75 Å². The average molecular weight is 420 g/mol. The van der Waals surface area contributed by atoms with Crippen LogP contribution in [0.1, 0.15) is 53.3 Å². The van der Waals surface area contributed by atoms with Crippen LogP contribution in [0.2, 0.25) is 0 Å². The summed E-state index contributed by atoms with van der Waals surface area (Å²) >= 11 is 3.38. The molecule has 0 saturated heterocycles. The van der Waals surface area contributed by atoms with E-state index in [0.717, 1.165) is 23.7 Å². The number of anilines is 1. The summed E-state index contributed by atoms with van der Waals surface area (Å²) in [7, 11) is 0. The third-order valence-electron chi connectivity index (χ3n) is 3.83. The number of nitrogens with one attached hydrogen (secondary N) is 1. The van der Waals surface area contributed by atoms with Crippen molar-refractivity contribution in [2.75, 3.05) is 11.9 Å². The Balaban J connectivity index is 2.06. The Labute approximate surface area is 161 Å². The van der Waals surface area contributed by atoms with Gasteiger partial charge >= 0.3 is 5.97 Å². The van der Waals surface area contributed by atoms with E-state index in [1.54, 1.807) is 24.3 Å². The zero-order chi connectivity index (χ0) is 18.9. The van der Waals surface area contributed by atoms with E-state index in [4.69, 9.17) is 9.84 Å². The van der Waals surface area contributed by atoms with Crippen molar-refractivity contribution < 1.29 is 19.4 Å². The molecule has 2 aromatic rings. The smallest absolute Gasteiger partial charge is 0.335 e. The van der Waals surface area contributed by atoms with E-state index < -0.39 is 5.97 Å². The fourth-order valence-corrected chi connectivity index (χ4v) is 2.77. The first-order chi connectivity index (χ1) is 12.5. The highest BCUT2D eigenvalue weighted by Crippen LogP contribution is 2.25. The number of hydrogen-bond donors (Lipinski definition) is 2. The highest BCUT2D eigenvalue weighted by atomic mass is 79.9. The molecule has 2 rings (SSSR count). The van der Waals surface area contributed by atoms with Crippen molar-refractivity contribution in [1.82, 2.24) is 0 Å². The molecular formula is C20H22BrNO4. The fraction of sp³-hybridized carbons (Fsp3) is 0.300. The van der Waals surface area contributed by atoms with Crippen LogP contribution >= 0.6 is 15.9 Å². The lowest BCUT2D eigenvalue weighted by Crippen LogP contribution is -2.14. The Kier molecular flexibility index (Phi) is 7.66. The summed E-state index contributed by atoms with van der Waals surface area (Å²) in [6.45, 7) is 2.72. The zero-order valence-electron chi connectivity index (χ0n) is 14.6. The molecule has 0 atom stereocenters. The highest BCUT2D eigenvalue weighted by Gasteiger charge is 2.14. The van der Waals surface area contributed by atoms with Gasteiger partial charge in [0.05, 0.1) is 17.7 Å². The average Bonchev–Trinajstić information content (AvgIpc) is 2.63. The third-order valence-corrected chi connectivity index (χ3v) is 4.32. The van der Waals surface area contributed by atoms with Gasteiger partial charge < -0.3 is 15.2 Å². The lowest BCUT2D eigenvalue weighted by Gasteiger charge is -2.12. The summed E-state index contributed by atoms with van der Waals surface area (Å²) in [5.41, 5.74) is 1.12. The Morgan fingerprint density at radius 2 is 1.81 bits per heavy atom. The fourth-order valence-electron chi connectivity index (χ4n) is 2.41. The van der Waals surface area contributed by atoms with Gasteiger partial charge in [0.25, 0.3) is 5.91 Å². The molecular weight excluding hydrogens is 398 g/mol. The molecule has 2 N–H and O–H groups in total. The van der Waals surface area contributed by atoms with Crippen molar-refractivity contribution in [3.63, 3.8) is 0 Å². The number of carbonyl (C=O) groups excluding carboxylic acids is 1. The van der Waals surface area contributed by atoms with E-state index in [2.05, 4.69) is 28.2 Å². The predicted octanol–water partition coefficient (Wildman–Crippen LogP) is 5.36. The molecule has 0 fully saturated rings. The van der Waals surface area contributed by atoms with Crippen molar-refractivity contribution >= 4 is 33.5 Å². The second-order valence-corrected chi connectivity index (χ2v) is 6.80. The lowest BCUT2D eigenvalue weighted by atomic mass is 10.1. The molecule has 0 aliphatic rings. The number of carboxylic acids is 1. The van der Waals surface area contributed by atoms with Crippen molar-refractivity contribution in [2.45, 2.75) is 32.6 Å². The van der Waals surface area contributed by atoms with Gasteiger partial charge in [0.15, 0.2) is 0 Å². The minimum atomic E-state index is -1.01. The molecule has 26 heavy (non-hydrogen) atoms. The molecule has 0 aliphatic carbocycles. The van der Waals surface area contributed by atoms with Crippen LogP contribution in [0.4, 0.5) is 5.69 Å². The quantitative estimate of drug-likeness (QED) is 0.536. The summed E-state index contributed by atoms with van der Waals surface area (Å²) in [4.78, 5) is 23.5. The van der Waals surface area contributed by atoms with Crippen LogP contribution in [0, 0.1) is 0 Å². The van der Waals surface area contributed by atoms with Crippen LogP contribution < -0.4 is 10.1 Å². The molecule has 0 saturated carbocycles. The maximum Gasteiger partial charge on any atom is 0.335 e. The standard InChI is InChI=1S/C20H22BrNO4/c1-2-3-4-5-12-26-18-11-8-15(21)13-17(18)19(23)22-16-9-6-14(7-10-16)20(24)25/h6-11,13H,2-5,12H2,1H3,(H,22,23)(H,24,25). The molecule has 0 bridgehead atoms. The number of amides is 1. The number of rotatable bonds is 9. The van der Waals surface area contributed by atoms with Gasteiger partial charge in [-0.3, -0.25) is 4.79 Å². The maximum atomic E-state index is 12.6. The molecule has 0 aromatic heterocycles. The summed E-state index contributed by atoms with van der Waals surface area (Å²) in [5, 5.41) is 11.7. The van der Waals surface area contributed by atoms with Gasteiger partial charge in [-0.05, 0) is 48.9 Å². The summed E-state index contributed by atoms with van der Waals surface area (Å²) in [6.07, 6.45) is 4.38. The number of aromatic carboxylic acids is 1. The molecule has 0 heterocycles. The maximum absolute atomic E-state index is 12.6. The first-order valence-electron chi connectivity index (χ1n) is 8.58. The number of carboxylic acid groups (broad SMARTS) is 1. The van der Waals surface area contributed by atoms with Crippen LogP contribution in [0.3, 0.4) is 0 Å². The van der Waals surface area contributed by atoms with Crippen LogP contribution in [0.25, 0.3) is 0 Å². The second kappa shape index (κ2) is 9.97. The molecule has 2 aromatic carbocycles. The van der Waals surface area contributed by atoms with Gasteiger partial charge in [-0.2, -0.15) is 0 Å². The molecule has 0 spiro atoms.